The van der Waals surface area contributed by atoms with Crippen molar-refractivity contribution in [2.75, 3.05) is 19.0 Å². The number of nitrogens with zero attached hydrogens (tertiary/aromatic N) is 2. The summed E-state index contributed by atoms with van der Waals surface area (Å²) in [6.45, 7) is 2.42. The van der Waals surface area contributed by atoms with Gasteiger partial charge in [-0.2, -0.15) is 5.26 Å². The molecule has 0 spiro atoms. The average molecular weight is 498 g/mol. The molecule has 0 aliphatic rings. The first-order chi connectivity index (χ1) is 17.5. The Kier molecular flexibility index (Phi) is 7.63. The van der Waals surface area contributed by atoms with Crippen LogP contribution in [0, 0.1) is 11.3 Å². The van der Waals surface area contributed by atoms with Crippen LogP contribution in [0.25, 0.3) is 17.3 Å². The molecule has 0 aliphatic carbocycles. The second-order valence-electron chi connectivity index (χ2n) is 7.53. The molecule has 0 radical (unpaired) electrons. The minimum absolute atomic E-state index is 0.172. The summed E-state index contributed by atoms with van der Waals surface area (Å²) < 4.78 is 12.8. The van der Waals surface area contributed by atoms with Crippen molar-refractivity contribution in [3.8, 4) is 23.3 Å². The number of para-hydroxylation sites is 2. The average Bonchev–Trinajstić information content (AvgIpc) is 3.21. The van der Waals surface area contributed by atoms with E-state index in [-0.39, 0.29) is 15.8 Å². The van der Waals surface area contributed by atoms with Crippen LogP contribution in [0.5, 0.6) is 11.5 Å². The van der Waals surface area contributed by atoms with E-state index in [9.17, 15) is 14.9 Å². The summed E-state index contributed by atoms with van der Waals surface area (Å²) in [5.41, 5.74) is 1.25. The number of anilines is 1. The molecule has 1 heterocycles. The normalized spacial score (nSPS) is 12.0. The minimum Gasteiger partial charge on any atom is -0.496 e. The number of methoxy groups -OCH3 is 1. The Morgan fingerprint density at radius 3 is 2.42 bits per heavy atom. The van der Waals surface area contributed by atoms with Crippen LogP contribution in [0.2, 0.25) is 0 Å². The molecule has 0 fully saturated rings. The van der Waals surface area contributed by atoms with Crippen molar-refractivity contribution in [3.05, 3.63) is 104 Å². The second-order valence-corrected chi connectivity index (χ2v) is 8.56. The van der Waals surface area contributed by atoms with E-state index >= 15 is 0 Å². The molecule has 0 aliphatic heterocycles. The number of hydrogen-bond acceptors (Lipinski definition) is 6. The first-order valence-corrected chi connectivity index (χ1v) is 12.0. The predicted molar refractivity (Wildman–Crippen MR) is 141 cm³/mol. The van der Waals surface area contributed by atoms with Crippen LogP contribution in [0.3, 0.4) is 0 Å². The number of rotatable bonds is 7. The largest absolute Gasteiger partial charge is 0.496 e. The highest BCUT2D eigenvalue weighted by atomic mass is 32.1. The van der Waals surface area contributed by atoms with Crippen LogP contribution < -0.4 is 29.5 Å². The molecule has 4 aromatic rings. The molecule has 0 saturated carbocycles. The number of aromatic nitrogens is 1. The molecule has 7 nitrogen and oxygen atoms in total. The molecule has 1 N–H and O–H groups in total. The molecular weight excluding hydrogens is 474 g/mol. The molecule has 0 bridgehead atoms. The van der Waals surface area contributed by atoms with Gasteiger partial charge >= 0.3 is 0 Å². The summed E-state index contributed by atoms with van der Waals surface area (Å²) in [4.78, 5) is 26.7. The Morgan fingerprint density at radius 2 is 1.75 bits per heavy atom. The van der Waals surface area contributed by atoms with Crippen LogP contribution in [-0.2, 0) is 4.79 Å². The molecule has 36 heavy (non-hydrogen) atoms. The van der Waals surface area contributed by atoms with E-state index in [4.69, 9.17) is 9.47 Å². The van der Waals surface area contributed by atoms with Gasteiger partial charge in [0, 0.05) is 11.3 Å². The van der Waals surface area contributed by atoms with E-state index in [1.54, 1.807) is 67.8 Å². The second kappa shape index (κ2) is 11.2. The highest BCUT2D eigenvalue weighted by Crippen LogP contribution is 2.18. The number of hydrogen-bond donors (Lipinski definition) is 1. The highest BCUT2D eigenvalue weighted by Gasteiger charge is 2.17. The molecule has 4 rings (SSSR count). The molecule has 0 saturated heterocycles. The van der Waals surface area contributed by atoms with Gasteiger partial charge in [-0.05, 0) is 55.5 Å². The van der Waals surface area contributed by atoms with Crippen molar-refractivity contribution < 1.29 is 14.3 Å². The van der Waals surface area contributed by atoms with Crippen molar-refractivity contribution in [3.63, 3.8) is 0 Å². The van der Waals surface area contributed by atoms with E-state index in [0.29, 0.717) is 39.6 Å². The lowest BCUT2D eigenvalue weighted by Gasteiger charge is -2.07. The summed E-state index contributed by atoms with van der Waals surface area (Å²) in [5.74, 6) is 0.667. The van der Waals surface area contributed by atoms with E-state index in [2.05, 4.69) is 5.32 Å². The van der Waals surface area contributed by atoms with Crippen molar-refractivity contribution >= 4 is 34.6 Å². The number of nitriles is 1. The number of thiazole rings is 1. The van der Waals surface area contributed by atoms with Gasteiger partial charge in [0.25, 0.3) is 11.5 Å². The number of carbonyl (C=O) groups is 1. The monoisotopic (exact) mass is 497 g/mol. The number of amides is 1. The number of carbonyl (C=O) groups excluding carboxylic acids is 1. The van der Waals surface area contributed by atoms with Crippen LogP contribution in [-0.4, -0.2) is 24.2 Å². The molecule has 0 unspecified atom stereocenters. The Hall–Kier alpha value is -4.61. The van der Waals surface area contributed by atoms with Gasteiger partial charge in [-0.1, -0.05) is 36.4 Å². The van der Waals surface area contributed by atoms with Gasteiger partial charge in [0.2, 0.25) is 0 Å². The third-order valence-corrected chi connectivity index (χ3v) is 6.33. The predicted octanol–water partition coefficient (Wildman–Crippen LogP) is 3.45. The van der Waals surface area contributed by atoms with Gasteiger partial charge in [0.1, 0.15) is 22.2 Å². The summed E-state index contributed by atoms with van der Waals surface area (Å²) in [6, 6.07) is 25.1. The standard InChI is InChI=1S/C28H23N3O4S/c1-3-35-22-15-13-20(14-16-22)30-26(32)23(18-29)28-31(21-10-5-4-6-11-21)27(33)25(36-28)17-19-9-7-8-12-24(19)34-2/h4-17H,3H2,1-2H3,(H,30,32)/b25-17-,28-23-. The summed E-state index contributed by atoms with van der Waals surface area (Å²) in [7, 11) is 1.56. The smallest absolute Gasteiger partial charge is 0.273 e. The number of ether oxygens (including phenoxy) is 2. The van der Waals surface area contributed by atoms with Gasteiger partial charge in [0.05, 0.1) is 23.9 Å². The Labute approximate surface area is 211 Å². The third kappa shape index (κ3) is 5.22. The number of benzene rings is 3. The van der Waals surface area contributed by atoms with Gasteiger partial charge in [-0.25, -0.2) is 0 Å². The van der Waals surface area contributed by atoms with Crippen molar-refractivity contribution in [1.82, 2.24) is 4.57 Å². The van der Waals surface area contributed by atoms with Gasteiger partial charge in [-0.3, -0.25) is 14.2 Å². The van der Waals surface area contributed by atoms with Crippen molar-refractivity contribution in [1.29, 1.82) is 5.26 Å². The first kappa shape index (κ1) is 24.5. The maximum absolute atomic E-state index is 13.5. The molecule has 8 heteroatoms. The van der Waals surface area contributed by atoms with Gasteiger partial charge < -0.3 is 14.8 Å². The van der Waals surface area contributed by atoms with Crippen molar-refractivity contribution in [2.24, 2.45) is 0 Å². The topological polar surface area (TPSA) is 93.3 Å². The lowest BCUT2D eigenvalue weighted by atomic mass is 10.2. The Bertz CT molecular complexity index is 1600. The zero-order valence-corrected chi connectivity index (χ0v) is 20.5. The fourth-order valence-corrected chi connectivity index (χ4v) is 4.67. The van der Waals surface area contributed by atoms with E-state index < -0.39 is 5.91 Å². The van der Waals surface area contributed by atoms with Crippen LogP contribution in [0.15, 0.2) is 83.7 Å². The third-order valence-electron chi connectivity index (χ3n) is 5.24. The maximum Gasteiger partial charge on any atom is 0.273 e. The molecular formula is C28H23N3O4S. The van der Waals surface area contributed by atoms with Crippen LogP contribution in [0.1, 0.15) is 12.5 Å². The zero-order valence-electron chi connectivity index (χ0n) is 19.7. The molecule has 1 aromatic heterocycles. The molecule has 0 atom stereocenters. The Balaban J connectivity index is 1.89. The SMILES string of the molecule is CCOc1ccc(NC(=O)/C(C#N)=c2\s/c(=C\c3ccccc3OC)c(=O)n2-c2ccccc2)cc1. The van der Waals surface area contributed by atoms with E-state index in [0.717, 1.165) is 11.3 Å². The summed E-state index contributed by atoms with van der Waals surface area (Å²) in [6.07, 6.45) is 1.70. The van der Waals surface area contributed by atoms with Crippen molar-refractivity contribution in [2.45, 2.75) is 6.92 Å². The first-order valence-electron chi connectivity index (χ1n) is 11.2. The lowest BCUT2D eigenvalue weighted by molar-refractivity contribution is -0.111. The highest BCUT2D eigenvalue weighted by molar-refractivity contribution is 7.07. The molecule has 180 valence electrons. The fourth-order valence-electron chi connectivity index (χ4n) is 3.58. The Morgan fingerprint density at radius 1 is 1.06 bits per heavy atom. The van der Waals surface area contributed by atoms with Gasteiger partial charge in [-0.15, -0.1) is 11.3 Å². The zero-order chi connectivity index (χ0) is 25.5. The minimum atomic E-state index is -0.614. The summed E-state index contributed by atoms with van der Waals surface area (Å²) >= 11 is 1.07. The fraction of sp³-hybridized carbons (Fsp3) is 0.107. The van der Waals surface area contributed by atoms with E-state index in [1.807, 2.05) is 37.3 Å². The molecule has 3 aromatic carbocycles. The quantitative estimate of drug-likeness (QED) is 0.422. The van der Waals surface area contributed by atoms with Gasteiger partial charge in [0.15, 0.2) is 5.57 Å². The van der Waals surface area contributed by atoms with Crippen LogP contribution >= 0.6 is 11.3 Å². The van der Waals surface area contributed by atoms with E-state index in [1.165, 1.54) is 4.57 Å². The van der Waals surface area contributed by atoms with Crippen LogP contribution in [0.4, 0.5) is 5.69 Å². The molecule has 1 amide bonds. The number of nitrogens with one attached hydrogen (secondary N) is 1. The maximum atomic E-state index is 13.5. The lowest BCUT2D eigenvalue weighted by Crippen LogP contribution is -2.32. The summed E-state index contributed by atoms with van der Waals surface area (Å²) in [5, 5.41) is 12.7.